The molecule has 0 saturated heterocycles. The Kier molecular flexibility index (Phi) is 6.12. The molecule has 4 aromatic rings. The molecule has 0 aliphatic heterocycles. The zero-order chi connectivity index (χ0) is 22.7. The number of para-hydroxylation sites is 2. The minimum absolute atomic E-state index is 0.284. The van der Waals surface area contributed by atoms with E-state index in [0.29, 0.717) is 41.2 Å². The van der Waals surface area contributed by atoms with E-state index in [2.05, 4.69) is 16.4 Å². The molecule has 0 unspecified atom stereocenters. The van der Waals surface area contributed by atoms with Gasteiger partial charge in [0.2, 0.25) is 0 Å². The second-order valence-corrected chi connectivity index (χ2v) is 7.76. The van der Waals surface area contributed by atoms with Crippen molar-refractivity contribution in [2.24, 2.45) is 0 Å². The molecule has 8 heteroatoms. The van der Waals surface area contributed by atoms with Crippen LogP contribution < -0.4 is 5.32 Å². The average Bonchev–Trinajstić information content (AvgIpc) is 3.06. The topological polar surface area (TPSA) is 96.1 Å². The molecule has 8 nitrogen and oxygen atoms in total. The molecule has 0 saturated carbocycles. The third-order valence-corrected chi connectivity index (χ3v) is 5.10. The van der Waals surface area contributed by atoms with Gasteiger partial charge in [0.25, 0.3) is 5.91 Å². The molecule has 1 amide bonds. The first-order chi connectivity index (χ1) is 15.5. The lowest BCUT2D eigenvalue weighted by Gasteiger charge is -2.13. The molecule has 2 aromatic carbocycles. The van der Waals surface area contributed by atoms with Gasteiger partial charge >= 0.3 is 0 Å². The summed E-state index contributed by atoms with van der Waals surface area (Å²) in [5.41, 5.74) is 4.23. The van der Waals surface area contributed by atoms with E-state index in [4.69, 9.17) is 9.72 Å². The van der Waals surface area contributed by atoms with Crippen molar-refractivity contribution < 1.29 is 9.53 Å². The van der Waals surface area contributed by atoms with Gasteiger partial charge in [-0.3, -0.25) is 4.79 Å². The molecule has 0 fully saturated rings. The summed E-state index contributed by atoms with van der Waals surface area (Å²) in [5.74, 6) is 0.0750. The molecular formula is C24H24N6O2. The molecule has 0 aliphatic carbocycles. The number of amides is 1. The van der Waals surface area contributed by atoms with Crippen LogP contribution in [0.4, 0.5) is 5.82 Å². The lowest BCUT2D eigenvalue weighted by atomic mass is 10.1. The number of carbonyl (C=O) groups is 1. The molecule has 162 valence electrons. The molecule has 0 radical (unpaired) electrons. The Bertz CT molecular complexity index is 1340. The van der Waals surface area contributed by atoms with Crippen LogP contribution in [0.3, 0.4) is 0 Å². The summed E-state index contributed by atoms with van der Waals surface area (Å²) < 4.78 is 7.04. The standard InChI is InChI=1S/C24H24N6O2/c1-29(2)15-16-7-6-8-17(13-16)24(31)28-22-18(14-25)21-23(30(22)11-12-32-3)27-20-10-5-4-9-19(20)26-21/h4-10,13H,11-12,15H2,1-3H3,(H,28,31). The second kappa shape index (κ2) is 9.14. The van der Waals surface area contributed by atoms with E-state index in [-0.39, 0.29) is 11.5 Å². The molecule has 0 bridgehead atoms. The minimum atomic E-state index is -0.298. The smallest absolute Gasteiger partial charge is 0.256 e. The highest BCUT2D eigenvalue weighted by Gasteiger charge is 2.22. The van der Waals surface area contributed by atoms with Crippen molar-refractivity contribution in [3.8, 4) is 6.07 Å². The zero-order valence-corrected chi connectivity index (χ0v) is 18.3. The highest BCUT2D eigenvalue weighted by atomic mass is 16.5. The summed E-state index contributed by atoms with van der Waals surface area (Å²) in [4.78, 5) is 24.6. The van der Waals surface area contributed by atoms with Crippen LogP contribution in [0.5, 0.6) is 0 Å². The molecule has 4 rings (SSSR count). The fourth-order valence-corrected chi connectivity index (χ4v) is 3.69. The number of nitriles is 1. The van der Waals surface area contributed by atoms with Crippen LogP contribution >= 0.6 is 0 Å². The number of ether oxygens (including phenoxy) is 1. The zero-order valence-electron chi connectivity index (χ0n) is 18.3. The number of benzene rings is 2. The number of hydrogen-bond donors (Lipinski definition) is 1. The summed E-state index contributed by atoms with van der Waals surface area (Å²) in [6.07, 6.45) is 0. The molecule has 1 N–H and O–H groups in total. The van der Waals surface area contributed by atoms with Gasteiger partial charge < -0.3 is 19.5 Å². The van der Waals surface area contributed by atoms with Crippen LogP contribution in [-0.2, 0) is 17.8 Å². The molecule has 0 aliphatic rings. The fourth-order valence-electron chi connectivity index (χ4n) is 3.69. The third-order valence-electron chi connectivity index (χ3n) is 5.10. The normalized spacial score (nSPS) is 11.2. The van der Waals surface area contributed by atoms with E-state index in [0.717, 1.165) is 17.6 Å². The predicted molar refractivity (Wildman–Crippen MR) is 123 cm³/mol. The Morgan fingerprint density at radius 1 is 1.16 bits per heavy atom. The van der Waals surface area contributed by atoms with Gasteiger partial charge in [-0.2, -0.15) is 5.26 Å². The van der Waals surface area contributed by atoms with Gasteiger partial charge in [0, 0.05) is 25.8 Å². The molecular weight excluding hydrogens is 404 g/mol. The number of nitrogens with one attached hydrogen (secondary N) is 1. The van der Waals surface area contributed by atoms with Gasteiger partial charge in [0.05, 0.1) is 17.6 Å². The number of fused-ring (bicyclic) bond motifs is 2. The number of rotatable bonds is 7. The number of carbonyl (C=O) groups excluding carboxylic acids is 1. The monoisotopic (exact) mass is 428 g/mol. The predicted octanol–water partition coefficient (Wildman–Crippen LogP) is 3.42. The number of anilines is 1. The Morgan fingerprint density at radius 2 is 1.91 bits per heavy atom. The molecule has 32 heavy (non-hydrogen) atoms. The van der Waals surface area contributed by atoms with E-state index >= 15 is 0 Å². The van der Waals surface area contributed by atoms with Gasteiger partial charge in [0.1, 0.15) is 23.0 Å². The average molecular weight is 428 g/mol. The first-order valence-corrected chi connectivity index (χ1v) is 10.2. The number of nitrogens with zero attached hydrogens (tertiary/aromatic N) is 5. The first-order valence-electron chi connectivity index (χ1n) is 10.2. The van der Waals surface area contributed by atoms with Crippen molar-refractivity contribution in [1.29, 1.82) is 5.26 Å². The van der Waals surface area contributed by atoms with Crippen LogP contribution in [-0.4, -0.2) is 53.2 Å². The molecule has 2 heterocycles. The SMILES string of the molecule is COCCn1c(NC(=O)c2cccc(CN(C)C)c2)c(C#N)c2nc3ccccc3nc21. The van der Waals surface area contributed by atoms with Crippen molar-refractivity contribution >= 4 is 33.9 Å². The van der Waals surface area contributed by atoms with Gasteiger partial charge in [0.15, 0.2) is 5.65 Å². The van der Waals surface area contributed by atoms with Crippen LogP contribution in [0.2, 0.25) is 0 Å². The summed E-state index contributed by atoms with van der Waals surface area (Å²) in [7, 11) is 5.56. The minimum Gasteiger partial charge on any atom is -0.383 e. The maximum absolute atomic E-state index is 13.1. The number of methoxy groups -OCH3 is 1. The first kappa shape index (κ1) is 21.4. The Morgan fingerprint density at radius 3 is 2.59 bits per heavy atom. The largest absolute Gasteiger partial charge is 0.383 e. The summed E-state index contributed by atoms with van der Waals surface area (Å²) in [6.45, 7) is 1.53. The van der Waals surface area contributed by atoms with Gasteiger partial charge in [-0.05, 0) is 43.9 Å². The second-order valence-electron chi connectivity index (χ2n) is 7.76. The Labute approximate surface area is 186 Å². The van der Waals surface area contributed by atoms with E-state index < -0.39 is 0 Å². The van der Waals surface area contributed by atoms with Crippen molar-refractivity contribution in [3.63, 3.8) is 0 Å². The van der Waals surface area contributed by atoms with Crippen molar-refractivity contribution in [3.05, 3.63) is 65.2 Å². The molecule has 0 atom stereocenters. The maximum atomic E-state index is 13.1. The highest BCUT2D eigenvalue weighted by Crippen LogP contribution is 2.29. The maximum Gasteiger partial charge on any atom is 0.256 e. The van der Waals surface area contributed by atoms with Crippen LogP contribution in [0.15, 0.2) is 48.5 Å². The van der Waals surface area contributed by atoms with Crippen molar-refractivity contribution in [2.45, 2.75) is 13.1 Å². The van der Waals surface area contributed by atoms with Crippen molar-refractivity contribution in [1.82, 2.24) is 19.4 Å². The molecule has 0 spiro atoms. The van der Waals surface area contributed by atoms with Crippen LogP contribution in [0.25, 0.3) is 22.2 Å². The van der Waals surface area contributed by atoms with E-state index in [1.165, 1.54) is 0 Å². The lowest BCUT2D eigenvalue weighted by Crippen LogP contribution is -2.18. The number of hydrogen-bond acceptors (Lipinski definition) is 6. The highest BCUT2D eigenvalue weighted by molar-refractivity contribution is 6.06. The summed E-state index contributed by atoms with van der Waals surface area (Å²) in [5, 5.41) is 12.9. The van der Waals surface area contributed by atoms with Crippen LogP contribution in [0, 0.1) is 11.3 Å². The summed E-state index contributed by atoms with van der Waals surface area (Å²) >= 11 is 0. The van der Waals surface area contributed by atoms with Gasteiger partial charge in [-0.1, -0.05) is 24.3 Å². The van der Waals surface area contributed by atoms with Crippen molar-refractivity contribution in [2.75, 3.05) is 33.1 Å². The third kappa shape index (κ3) is 4.17. The molecule has 2 aromatic heterocycles. The Balaban J connectivity index is 1.81. The summed E-state index contributed by atoms with van der Waals surface area (Å²) in [6, 6.07) is 17.1. The lowest BCUT2D eigenvalue weighted by molar-refractivity contribution is 0.102. The fraction of sp³-hybridized carbons (Fsp3) is 0.250. The van der Waals surface area contributed by atoms with E-state index in [1.807, 2.05) is 61.5 Å². The van der Waals surface area contributed by atoms with Gasteiger partial charge in [-0.15, -0.1) is 0 Å². The van der Waals surface area contributed by atoms with E-state index in [9.17, 15) is 10.1 Å². The quantitative estimate of drug-likeness (QED) is 0.485. The number of aromatic nitrogens is 3. The van der Waals surface area contributed by atoms with E-state index in [1.54, 1.807) is 17.7 Å². The van der Waals surface area contributed by atoms with Gasteiger partial charge in [-0.25, -0.2) is 9.97 Å². The van der Waals surface area contributed by atoms with Crippen LogP contribution in [0.1, 0.15) is 21.5 Å². The Hall–Kier alpha value is -3.80.